The molecule has 210 valence electrons. The van der Waals surface area contributed by atoms with Crippen LogP contribution in [0.3, 0.4) is 0 Å². The first kappa shape index (κ1) is 27.6. The van der Waals surface area contributed by atoms with Crippen molar-refractivity contribution in [2.75, 3.05) is 18.6 Å². The maximum atomic E-state index is 13.0. The third-order valence-electron chi connectivity index (χ3n) is 7.13. The van der Waals surface area contributed by atoms with Crippen LogP contribution in [0.2, 0.25) is 0 Å². The number of aromatic amines is 1. The lowest BCUT2D eigenvalue weighted by Crippen LogP contribution is -2.43. The first-order chi connectivity index (χ1) is 20.0. The zero-order valence-electron chi connectivity index (χ0n) is 23.1. The highest BCUT2D eigenvalue weighted by molar-refractivity contribution is 5.87. The number of ether oxygens (including phenoxy) is 2. The molecule has 1 amide bonds. The van der Waals surface area contributed by atoms with Crippen LogP contribution in [0, 0.1) is 24.2 Å². The van der Waals surface area contributed by atoms with Crippen molar-refractivity contribution in [1.82, 2.24) is 40.1 Å². The van der Waals surface area contributed by atoms with Crippen LogP contribution in [0.4, 0.5) is 10.6 Å². The number of rotatable bonds is 8. The van der Waals surface area contributed by atoms with Gasteiger partial charge in [-0.15, -0.1) is 0 Å². The number of amides is 1. The van der Waals surface area contributed by atoms with E-state index in [0.29, 0.717) is 46.5 Å². The van der Waals surface area contributed by atoms with Gasteiger partial charge in [-0.25, -0.2) is 29.7 Å². The minimum atomic E-state index is -0.444. The molecule has 0 saturated heterocycles. The van der Waals surface area contributed by atoms with Gasteiger partial charge in [0.25, 0.3) is 0 Å². The number of nitrogens with zero attached hydrogens (tertiary/aromatic N) is 9. The average Bonchev–Trinajstić information content (AvgIpc) is 3.44. The lowest BCUT2D eigenvalue weighted by Gasteiger charge is -2.35. The van der Waals surface area contributed by atoms with Crippen molar-refractivity contribution < 1.29 is 14.3 Å². The van der Waals surface area contributed by atoms with E-state index in [4.69, 9.17) is 14.5 Å². The molecule has 0 bridgehead atoms. The van der Waals surface area contributed by atoms with Gasteiger partial charge in [0, 0.05) is 36.6 Å². The molecule has 0 unspecified atom stereocenters. The van der Waals surface area contributed by atoms with Crippen LogP contribution in [0.1, 0.15) is 49.6 Å². The van der Waals surface area contributed by atoms with Crippen molar-refractivity contribution >= 4 is 11.9 Å². The van der Waals surface area contributed by atoms with Crippen LogP contribution < -0.4 is 9.64 Å². The van der Waals surface area contributed by atoms with Crippen LogP contribution in [0.25, 0.3) is 22.6 Å². The van der Waals surface area contributed by atoms with Gasteiger partial charge in [-0.3, -0.25) is 15.0 Å². The smallest absolute Gasteiger partial charge is 0.415 e. The number of carbonyl (C=O) groups is 1. The molecule has 13 nitrogen and oxygen atoms in total. The molecule has 1 fully saturated rings. The molecule has 4 aromatic rings. The van der Waals surface area contributed by atoms with Crippen LogP contribution >= 0.6 is 0 Å². The molecule has 1 aliphatic rings. The van der Waals surface area contributed by atoms with E-state index >= 15 is 0 Å². The Labute approximate surface area is 237 Å². The maximum Gasteiger partial charge on any atom is 0.415 e. The molecule has 4 heterocycles. The van der Waals surface area contributed by atoms with Crippen LogP contribution in [-0.2, 0) is 11.2 Å². The number of hydrogen-bond acceptors (Lipinski definition) is 11. The Hall–Kier alpha value is -4.99. The van der Waals surface area contributed by atoms with Gasteiger partial charge < -0.3 is 9.47 Å². The fourth-order valence-electron chi connectivity index (χ4n) is 5.01. The minimum Gasteiger partial charge on any atom is -0.467 e. The molecule has 5 rings (SSSR count). The fourth-order valence-corrected chi connectivity index (χ4v) is 5.01. The maximum absolute atomic E-state index is 13.0. The monoisotopic (exact) mass is 554 g/mol. The Kier molecular flexibility index (Phi) is 8.38. The Morgan fingerprint density at radius 2 is 1.83 bits per heavy atom. The van der Waals surface area contributed by atoms with Gasteiger partial charge in [-0.2, -0.15) is 10.4 Å². The van der Waals surface area contributed by atoms with Crippen molar-refractivity contribution in [3.63, 3.8) is 0 Å². The van der Waals surface area contributed by atoms with Crippen LogP contribution in [0.5, 0.6) is 6.01 Å². The molecule has 0 radical (unpaired) electrons. The molecule has 13 heteroatoms. The summed E-state index contributed by atoms with van der Waals surface area (Å²) in [5.74, 6) is 1.45. The zero-order chi connectivity index (χ0) is 28.8. The van der Waals surface area contributed by atoms with Crippen molar-refractivity contribution in [3.05, 3.63) is 54.1 Å². The first-order valence-corrected chi connectivity index (χ1v) is 13.4. The number of methoxy groups -OCH3 is 1. The van der Waals surface area contributed by atoms with Crippen LogP contribution in [-0.4, -0.2) is 66.0 Å². The van der Waals surface area contributed by atoms with E-state index in [0.717, 1.165) is 36.9 Å². The van der Waals surface area contributed by atoms with Crippen molar-refractivity contribution in [3.8, 4) is 34.7 Å². The quantitative estimate of drug-likeness (QED) is 0.333. The van der Waals surface area contributed by atoms with E-state index in [-0.39, 0.29) is 18.7 Å². The van der Waals surface area contributed by atoms with E-state index in [1.807, 2.05) is 6.92 Å². The minimum absolute atomic E-state index is 0.0835. The number of hydrogen-bond donors (Lipinski definition) is 1. The summed E-state index contributed by atoms with van der Waals surface area (Å²) in [5, 5.41) is 16.5. The SMILES string of the molecule is CCOC(=O)N(c1cnc(-c2cnc(OC)nc2)cn1)C1CCC(Cc2ncc(C#N)c(-c3[nH]ncc3C)n2)CC1. The van der Waals surface area contributed by atoms with E-state index in [1.165, 1.54) is 7.11 Å². The van der Waals surface area contributed by atoms with Crippen LogP contribution in [0.15, 0.2) is 37.2 Å². The van der Waals surface area contributed by atoms with Gasteiger partial charge in [0.2, 0.25) is 0 Å². The predicted octanol–water partition coefficient (Wildman–Crippen LogP) is 4.07. The number of nitriles is 1. The molecular weight excluding hydrogens is 524 g/mol. The predicted molar refractivity (Wildman–Crippen MR) is 148 cm³/mol. The molecule has 0 spiro atoms. The summed E-state index contributed by atoms with van der Waals surface area (Å²) in [4.78, 5) is 41.1. The van der Waals surface area contributed by atoms with Crippen molar-refractivity contribution in [2.45, 2.75) is 52.0 Å². The van der Waals surface area contributed by atoms with Gasteiger partial charge in [0.1, 0.15) is 17.6 Å². The number of aryl methyl sites for hydroxylation is 1. The van der Waals surface area contributed by atoms with E-state index in [2.05, 4.69) is 41.2 Å². The lowest BCUT2D eigenvalue weighted by atomic mass is 9.83. The molecule has 1 saturated carbocycles. The Bertz CT molecular complexity index is 1520. The van der Waals surface area contributed by atoms with Crippen molar-refractivity contribution in [2.24, 2.45) is 5.92 Å². The Morgan fingerprint density at radius 1 is 1.05 bits per heavy atom. The molecule has 0 aromatic carbocycles. The summed E-state index contributed by atoms with van der Waals surface area (Å²) in [5.41, 5.74) is 3.88. The lowest BCUT2D eigenvalue weighted by molar-refractivity contribution is 0.153. The largest absolute Gasteiger partial charge is 0.467 e. The normalized spacial score (nSPS) is 16.5. The highest BCUT2D eigenvalue weighted by Gasteiger charge is 2.32. The van der Waals surface area contributed by atoms with E-state index in [9.17, 15) is 10.1 Å². The summed E-state index contributed by atoms with van der Waals surface area (Å²) in [7, 11) is 1.50. The number of aromatic nitrogens is 8. The Balaban J connectivity index is 1.28. The summed E-state index contributed by atoms with van der Waals surface area (Å²) in [6.07, 6.45) is 13.2. The number of H-pyrrole nitrogens is 1. The molecule has 1 aliphatic carbocycles. The second-order valence-electron chi connectivity index (χ2n) is 9.75. The highest BCUT2D eigenvalue weighted by atomic mass is 16.6. The van der Waals surface area contributed by atoms with Crippen molar-refractivity contribution in [1.29, 1.82) is 5.26 Å². The van der Waals surface area contributed by atoms with Gasteiger partial charge in [0.15, 0.2) is 5.82 Å². The summed E-state index contributed by atoms with van der Waals surface area (Å²) < 4.78 is 10.4. The fraction of sp³-hybridized carbons (Fsp3) is 0.393. The summed E-state index contributed by atoms with van der Waals surface area (Å²) >= 11 is 0. The molecular formula is C28H30N10O3. The van der Waals surface area contributed by atoms with Gasteiger partial charge >= 0.3 is 12.1 Å². The standard InChI is InChI=1S/C28H30N10O3/c1-4-41-28(39)38(24-16-30-22(15-32-24)20-13-33-27(40-3)34-14-20)21-7-5-18(6-8-21)9-23-31-12-19(10-29)26(36-23)25-17(2)11-35-37-25/h11-16,18,21H,4-9H2,1-3H3,(H,35,37). The van der Waals surface area contributed by atoms with E-state index in [1.54, 1.807) is 49.0 Å². The second-order valence-corrected chi connectivity index (χ2v) is 9.75. The average molecular weight is 555 g/mol. The molecule has 4 aromatic heterocycles. The molecule has 0 aliphatic heterocycles. The first-order valence-electron chi connectivity index (χ1n) is 13.4. The Morgan fingerprint density at radius 3 is 2.44 bits per heavy atom. The molecule has 1 N–H and O–H groups in total. The van der Waals surface area contributed by atoms with Gasteiger partial charge in [-0.05, 0) is 51.0 Å². The number of anilines is 1. The topological polar surface area (TPSA) is 169 Å². The number of nitrogens with one attached hydrogen (secondary N) is 1. The van der Waals surface area contributed by atoms with Gasteiger partial charge in [0.05, 0.1) is 49.3 Å². The van der Waals surface area contributed by atoms with E-state index < -0.39 is 6.09 Å². The number of carbonyl (C=O) groups excluding carboxylic acids is 1. The zero-order valence-corrected chi connectivity index (χ0v) is 23.1. The van der Waals surface area contributed by atoms with Gasteiger partial charge in [-0.1, -0.05) is 0 Å². The highest BCUT2D eigenvalue weighted by Crippen LogP contribution is 2.33. The second kappa shape index (κ2) is 12.5. The third kappa shape index (κ3) is 6.11. The summed E-state index contributed by atoms with van der Waals surface area (Å²) in [6.45, 7) is 3.96. The summed E-state index contributed by atoms with van der Waals surface area (Å²) in [6, 6.07) is 2.35. The third-order valence-corrected chi connectivity index (χ3v) is 7.13. The molecule has 41 heavy (non-hydrogen) atoms. The molecule has 0 atom stereocenters.